The van der Waals surface area contributed by atoms with Gasteiger partial charge in [0.15, 0.2) is 0 Å². The van der Waals surface area contributed by atoms with E-state index in [1.54, 1.807) is 6.07 Å². The average molecular weight is 247 g/mol. The molecule has 0 aliphatic carbocycles. The SMILES string of the molecule is CC1=Nc2cc(OC=O)cc(C(=O)O)c2C1(C)C. The van der Waals surface area contributed by atoms with E-state index in [4.69, 9.17) is 4.74 Å². The van der Waals surface area contributed by atoms with Crippen LogP contribution >= 0.6 is 0 Å². The van der Waals surface area contributed by atoms with Crippen LogP contribution in [0.3, 0.4) is 0 Å². The molecule has 94 valence electrons. The maximum absolute atomic E-state index is 11.3. The number of carboxylic acids is 1. The van der Waals surface area contributed by atoms with Crippen LogP contribution in [0.2, 0.25) is 0 Å². The van der Waals surface area contributed by atoms with Gasteiger partial charge in [-0.25, -0.2) is 4.79 Å². The van der Waals surface area contributed by atoms with E-state index in [-0.39, 0.29) is 17.8 Å². The summed E-state index contributed by atoms with van der Waals surface area (Å²) < 4.78 is 4.71. The summed E-state index contributed by atoms with van der Waals surface area (Å²) in [6.45, 7) is 5.96. The van der Waals surface area contributed by atoms with E-state index >= 15 is 0 Å². The predicted octanol–water partition coefficient (Wildman–Crippen LogP) is 2.30. The van der Waals surface area contributed by atoms with Gasteiger partial charge in [0.2, 0.25) is 0 Å². The van der Waals surface area contributed by atoms with Crippen molar-refractivity contribution >= 4 is 23.8 Å². The number of hydrogen-bond acceptors (Lipinski definition) is 4. The predicted molar refractivity (Wildman–Crippen MR) is 65.9 cm³/mol. The van der Waals surface area contributed by atoms with Gasteiger partial charge in [-0.3, -0.25) is 9.79 Å². The third kappa shape index (κ3) is 1.68. The number of hydrogen-bond donors (Lipinski definition) is 1. The molecule has 0 bridgehead atoms. The van der Waals surface area contributed by atoms with Crippen LogP contribution in [0.4, 0.5) is 5.69 Å². The van der Waals surface area contributed by atoms with Gasteiger partial charge < -0.3 is 9.84 Å². The molecule has 5 heteroatoms. The summed E-state index contributed by atoms with van der Waals surface area (Å²) in [6.07, 6.45) is 0. The minimum absolute atomic E-state index is 0.120. The van der Waals surface area contributed by atoms with Crippen molar-refractivity contribution in [3.8, 4) is 5.75 Å². The minimum atomic E-state index is -1.06. The molecule has 1 N–H and O–H groups in total. The maximum atomic E-state index is 11.3. The van der Waals surface area contributed by atoms with Crippen LogP contribution in [-0.2, 0) is 10.2 Å². The molecule has 0 atom stereocenters. The van der Waals surface area contributed by atoms with E-state index in [0.29, 0.717) is 11.3 Å². The highest BCUT2D eigenvalue weighted by molar-refractivity contribution is 6.04. The van der Waals surface area contributed by atoms with Crippen molar-refractivity contribution in [2.75, 3.05) is 0 Å². The Bertz CT molecular complexity index is 573. The van der Waals surface area contributed by atoms with Crippen LogP contribution in [0.25, 0.3) is 0 Å². The Morgan fingerprint density at radius 3 is 2.67 bits per heavy atom. The molecule has 5 nitrogen and oxygen atoms in total. The lowest BCUT2D eigenvalue weighted by Crippen LogP contribution is -2.25. The summed E-state index contributed by atoms with van der Waals surface area (Å²) in [4.78, 5) is 26.0. The fourth-order valence-electron chi connectivity index (χ4n) is 2.14. The summed E-state index contributed by atoms with van der Waals surface area (Å²) in [5, 5.41) is 9.27. The van der Waals surface area contributed by atoms with Gasteiger partial charge in [-0.1, -0.05) is 13.8 Å². The number of carbonyl (C=O) groups is 2. The second kappa shape index (κ2) is 3.94. The van der Waals surface area contributed by atoms with E-state index in [9.17, 15) is 14.7 Å². The normalized spacial score (nSPS) is 15.8. The van der Waals surface area contributed by atoms with Crippen molar-refractivity contribution in [3.05, 3.63) is 23.3 Å². The van der Waals surface area contributed by atoms with Gasteiger partial charge in [-0.15, -0.1) is 0 Å². The third-order valence-corrected chi connectivity index (χ3v) is 3.32. The third-order valence-electron chi connectivity index (χ3n) is 3.32. The topological polar surface area (TPSA) is 76.0 Å². The number of carbonyl (C=O) groups excluding carboxylic acids is 1. The smallest absolute Gasteiger partial charge is 0.336 e. The van der Waals surface area contributed by atoms with Crippen LogP contribution in [0.1, 0.15) is 36.7 Å². The summed E-state index contributed by atoms with van der Waals surface area (Å²) in [5.74, 6) is -0.865. The van der Waals surface area contributed by atoms with Crippen LogP contribution in [0, 0.1) is 0 Å². The lowest BCUT2D eigenvalue weighted by Gasteiger charge is -2.22. The van der Waals surface area contributed by atoms with Crippen molar-refractivity contribution < 1.29 is 19.4 Å². The van der Waals surface area contributed by atoms with E-state index < -0.39 is 11.4 Å². The molecule has 1 aromatic rings. The molecule has 1 aliphatic rings. The highest BCUT2D eigenvalue weighted by atomic mass is 16.5. The molecule has 1 aromatic carbocycles. The zero-order valence-electron chi connectivity index (χ0n) is 10.4. The molecule has 0 spiro atoms. The Morgan fingerprint density at radius 2 is 2.11 bits per heavy atom. The van der Waals surface area contributed by atoms with Crippen LogP contribution in [0.5, 0.6) is 5.75 Å². The fraction of sp³-hybridized carbons (Fsp3) is 0.308. The molecular formula is C13H13NO4. The van der Waals surface area contributed by atoms with Gasteiger partial charge in [0.1, 0.15) is 5.75 Å². The molecule has 18 heavy (non-hydrogen) atoms. The summed E-state index contributed by atoms with van der Waals surface area (Å²) in [6, 6.07) is 2.93. The first-order valence-corrected chi connectivity index (χ1v) is 5.46. The van der Waals surface area contributed by atoms with E-state index in [1.165, 1.54) is 6.07 Å². The number of carboxylic acid groups (broad SMARTS) is 1. The lowest BCUT2D eigenvalue weighted by molar-refractivity contribution is -0.120. The van der Waals surface area contributed by atoms with Crippen LogP contribution in [0.15, 0.2) is 17.1 Å². The van der Waals surface area contributed by atoms with Gasteiger partial charge in [-0.05, 0) is 13.0 Å². The van der Waals surface area contributed by atoms with Crippen molar-refractivity contribution in [2.24, 2.45) is 4.99 Å². The largest absolute Gasteiger partial charge is 0.478 e. The molecule has 0 radical (unpaired) electrons. The lowest BCUT2D eigenvalue weighted by atomic mass is 9.79. The molecule has 0 unspecified atom stereocenters. The van der Waals surface area contributed by atoms with Crippen molar-refractivity contribution in [3.63, 3.8) is 0 Å². The number of aromatic carboxylic acids is 1. The highest BCUT2D eigenvalue weighted by Crippen LogP contribution is 2.44. The van der Waals surface area contributed by atoms with E-state index in [1.807, 2.05) is 20.8 Å². The number of benzene rings is 1. The summed E-state index contributed by atoms with van der Waals surface area (Å²) in [5.41, 5.74) is 1.74. The molecular weight excluding hydrogens is 234 g/mol. The number of ether oxygens (including phenoxy) is 1. The highest BCUT2D eigenvalue weighted by Gasteiger charge is 2.36. The Balaban J connectivity index is 2.71. The number of aliphatic imine (C=N–C) groups is 1. The Morgan fingerprint density at radius 1 is 1.44 bits per heavy atom. The second-order valence-electron chi connectivity index (χ2n) is 4.71. The first kappa shape index (κ1) is 12.3. The maximum Gasteiger partial charge on any atom is 0.336 e. The van der Waals surface area contributed by atoms with Crippen molar-refractivity contribution in [1.29, 1.82) is 0 Å². The molecule has 1 aliphatic heterocycles. The average Bonchev–Trinajstić information content (AvgIpc) is 2.49. The zero-order chi connectivity index (χ0) is 13.5. The van der Waals surface area contributed by atoms with E-state index in [0.717, 1.165) is 5.71 Å². The summed E-state index contributed by atoms with van der Waals surface area (Å²) in [7, 11) is 0. The van der Waals surface area contributed by atoms with Gasteiger partial charge in [0.25, 0.3) is 6.47 Å². The van der Waals surface area contributed by atoms with Crippen molar-refractivity contribution in [1.82, 2.24) is 0 Å². The number of fused-ring (bicyclic) bond motifs is 1. The van der Waals surface area contributed by atoms with E-state index in [2.05, 4.69) is 4.99 Å². The Hall–Kier alpha value is -2.17. The molecule has 0 amide bonds. The molecule has 0 saturated heterocycles. The van der Waals surface area contributed by atoms with Gasteiger partial charge in [0, 0.05) is 22.8 Å². The quantitative estimate of drug-likeness (QED) is 0.831. The van der Waals surface area contributed by atoms with Gasteiger partial charge >= 0.3 is 5.97 Å². The number of nitrogens with zero attached hydrogens (tertiary/aromatic N) is 1. The molecule has 0 saturated carbocycles. The zero-order valence-corrected chi connectivity index (χ0v) is 10.4. The Kier molecular flexibility index (Phi) is 2.69. The second-order valence-corrected chi connectivity index (χ2v) is 4.71. The molecule has 2 rings (SSSR count). The first-order chi connectivity index (χ1) is 8.37. The molecule has 0 aromatic heterocycles. The fourth-order valence-corrected chi connectivity index (χ4v) is 2.14. The molecule has 1 heterocycles. The monoisotopic (exact) mass is 247 g/mol. The minimum Gasteiger partial charge on any atom is -0.478 e. The molecule has 0 fully saturated rings. The van der Waals surface area contributed by atoms with Crippen LogP contribution < -0.4 is 4.74 Å². The van der Waals surface area contributed by atoms with Crippen molar-refractivity contribution in [2.45, 2.75) is 26.2 Å². The number of rotatable bonds is 3. The van der Waals surface area contributed by atoms with Gasteiger partial charge in [-0.2, -0.15) is 0 Å². The van der Waals surface area contributed by atoms with Gasteiger partial charge in [0.05, 0.1) is 11.3 Å². The standard InChI is InChI=1S/C13H13NO4/c1-7-13(2,3)11-9(12(16)17)4-8(18-6-15)5-10(11)14-7/h4-6H,1-3H3,(H,16,17). The van der Waals surface area contributed by atoms with Crippen LogP contribution in [-0.4, -0.2) is 23.3 Å². The summed E-state index contributed by atoms with van der Waals surface area (Å²) >= 11 is 0. The first-order valence-electron chi connectivity index (χ1n) is 5.46. The Labute approximate surface area is 104 Å².